The van der Waals surface area contributed by atoms with Crippen LogP contribution in [0, 0.1) is 11.8 Å². The van der Waals surface area contributed by atoms with Crippen LogP contribution in [0.4, 0.5) is 5.69 Å². The molecule has 62 valence electrons. The van der Waals surface area contributed by atoms with Gasteiger partial charge in [-0.3, -0.25) is 0 Å². The van der Waals surface area contributed by atoms with E-state index in [9.17, 15) is 0 Å². The SMILES string of the molecule is Nc1cc(Cl)cnc1C#CCBr. The van der Waals surface area contributed by atoms with E-state index in [0.717, 1.165) is 0 Å². The summed E-state index contributed by atoms with van der Waals surface area (Å²) in [5.41, 5.74) is 6.68. The number of halogens is 2. The highest BCUT2D eigenvalue weighted by Crippen LogP contribution is 2.13. The lowest BCUT2D eigenvalue weighted by atomic mass is 10.3. The molecule has 0 aliphatic heterocycles. The quantitative estimate of drug-likeness (QED) is 0.561. The standard InChI is InChI=1S/C8H6BrClN2/c9-3-1-2-8-7(11)4-6(10)5-12-8/h4-5H,3,11H2. The summed E-state index contributed by atoms with van der Waals surface area (Å²) in [5, 5.41) is 1.13. The van der Waals surface area contributed by atoms with E-state index in [4.69, 9.17) is 17.3 Å². The fourth-order valence-corrected chi connectivity index (χ4v) is 0.983. The number of nitrogen functional groups attached to an aromatic ring is 1. The van der Waals surface area contributed by atoms with Crippen molar-refractivity contribution in [3.8, 4) is 11.8 Å². The molecular formula is C8H6BrClN2. The summed E-state index contributed by atoms with van der Waals surface area (Å²) in [4.78, 5) is 3.96. The van der Waals surface area contributed by atoms with E-state index in [2.05, 4.69) is 32.8 Å². The van der Waals surface area contributed by atoms with E-state index in [0.29, 0.717) is 21.7 Å². The molecule has 0 amide bonds. The fraction of sp³-hybridized carbons (Fsp3) is 0.125. The van der Waals surface area contributed by atoms with Crippen molar-refractivity contribution < 1.29 is 0 Å². The van der Waals surface area contributed by atoms with Crippen LogP contribution >= 0.6 is 27.5 Å². The van der Waals surface area contributed by atoms with Crippen molar-refractivity contribution in [1.29, 1.82) is 0 Å². The van der Waals surface area contributed by atoms with Crippen molar-refractivity contribution in [2.75, 3.05) is 11.1 Å². The second-order valence-electron chi connectivity index (χ2n) is 2.03. The Morgan fingerprint density at radius 3 is 3.00 bits per heavy atom. The maximum atomic E-state index is 5.65. The molecule has 0 saturated carbocycles. The second-order valence-corrected chi connectivity index (χ2v) is 3.02. The van der Waals surface area contributed by atoms with Crippen LogP contribution < -0.4 is 5.73 Å². The number of rotatable bonds is 0. The lowest BCUT2D eigenvalue weighted by Crippen LogP contribution is -1.92. The van der Waals surface area contributed by atoms with E-state index in [1.54, 1.807) is 6.07 Å². The zero-order chi connectivity index (χ0) is 8.97. The number of nitrogens with zero attached hydrogens (tertiary/aromatic N) is 1. The zero-order valence-electron chi connectivity index (χ0n) is 6.14. The van der Waals surface area contributed by atoms with E-state index in [-0.39, 0.29) is 0 Å². The van der Waals surface area contributed by atoms with Crippen molar-refractivity contribution in [2.24, 2.45) is 0 Å². The van der Waals surface area contributed by atoms with Crippen LogP contribution in [0.3, 0.4) is 0 Å². The number of anilines is 1. The van der Waals surface area contributed by atoms with Crippen molar-refractivity contribution in [3.63, 3.8) is 0 Å². The molecule has 4 heteroatoms. The van der Waals surface area contributed by atoms with Crippen LogP contribution in [0.5, 0.6) is 0 Å². The first-order chi connectivity index (χ1) is 5.74. The molecule has 0 aromatic carbocycles. The average Bonchev–Trinajstić information content (AvgIpc) is 2.03. The molecule has 12 heavy (non-hydrogen) atoms. The second kappa shape index (κ2) is 4.34. The molecule has 0 atom stereocenters. The van der Waals surface area contributed by atoms with Crippen LogP contribution in [-0.2, 0) is 0 Å². The summed E-state index contributed by atoms with van der Waals surface area (Å²) in [6.45, 7) is 0. The average molecular weight is 246 g/mol. The number of hydrogen-bond donors (Lipinski definition) is 1. The molecule has 2 N–H and O–H groups in total. The Balaban J connectivity index is 3.01. The molecule has 0 radical (unpaired) electrons. The van der Waals surface area contributed by atoms with Gasteiger partial charge in [0.1, 0.15) is 5.69 Å². The number of hydrogen-bond acceptors (Lipinski definition) is 2. The lowest BCUT2D eigenvalue weighted by molar-refractivity contribution is 1.29. The van der Waals surface area contributed by atoms with Crippen molar-refractivity contribution in [3.05, 3.63) is 23.0 Å². The Labute approximate surface area is 84.3 Å². The first kappa shape index (κ1) is 9.37. The molecule has 0 aliphatic carbocycles. The Bertz CT molecular complexity index is 341. The van der Waals surface area contributed by atoms with Crippen LogP contribution in [0.2, 0.25) is 5.02 Å². The highest BCUT2D eigenvalue weighted by molar-refractivity contribution is 9.09. The largest absolute Gasteiger partial charge is 0.396 e. The lowest BCUT2D eigenvalue weighted by Gasteiger charge is -1.95. The minimum absolute atomic E-state index is 0.510. The number of pyridine rings is 1. The maximum absolute atomic E-state index is 5.65. The summed E-state index contributed by atoms with van der Waals surface area (Å²) >= 11 is 8.83. The minimum atomic E-state index is 0.510. The van der Waals surface area contributed by atoms with Gasteiger partial charge in [-0.2, -0.15) is 0 Å². The van der Waals surface area contributed by atoms with Crippen LogP contribution in [0.1, 0.15) is 5.69 Å². The van der Waals surface area contributed by atoms with Crippen molar-refractivity contribution in [2.45, 2.75) is 0 Å². The summed E-state index contributed by atoms with van der Waals surface area (Å²) in [6, 6.07) is 1.63. The molecule has 0 saturated heterocycles. The first-order valence-electron chi connectivity index (χ1n) is 3.20. The van der Waals surface area contributed by atoms with Gasteiger partial charge in [0.2, 0.25) is 0 Å². The summed E-state index contributed by atoms with van der Waals surface area (Å²) in [7, 11) is 0. The third-order valence-corrected chi connectivity index (χ3v) is 1.64. The van der Waals surface area contributed by atoms with Gasteiger partial charge in [0, 0.05) is 6.20 Å². The molecule has 1 rings (SSSR count). The third kappa shape index (κ3) is 2.40. The molecular weight excluding hydrogens is 239 g/mol. The molecule has 0 spiro atoms. The fourth-order valence-electron chi connectivity index (χ4n) is 0.677. The highest BCUT2D eigenvalue weighted by atomic mass is 79.9. The van der Waals surface area contributed by atoms with Gasteiger partial charge in [0.15, 0.2) is 0 Å². The summed E-state index contributed by atoms with van der Waals surface area (Å²) in [6.07, 6.45) is 1.52. The van der Waals surface area contributed by atoms with E-state index >= 15 is 0 Å². The third-order valence-electron chi connectivity index (χ3n) is 1.16. The monoisotopic (exact) mass is 244 g/mol. The van der Waals surface area contributed by atoms with Gasteiger partial charge in [-0.15, -0.1) is 0 Å². The number of nitrogens with two attached hydrogens (primary N) is 1. The van der Waals surface area contributed by atoms with Crippen LogP contribution in [0.15, 0.2) is 12.3 Å². The highest BCUT2D eigenvalue weighted by Gasteiger charge is 1.96. The van der Waals surface area contributed by atoms with E-state index < -0.39 is 0 Å². The number of alkyl halides is 1. The molecule has 0 fully saturated rings. The summed E-state index contributed by atoms with van der Waals surface area (Å²) < 4.78 is 0. The minimum Gasteiger partial charge on any atom is -0.396 e. The molecule has 1 heterocycles. The van der Waals surface area contributed by atoms with Gasteiger partial charge in [-0.1, -0.05) is 33.5 Å². The van der Waals surface area contributed by atoms with Crippen molar-refractivity contribution in [1.82, 2.24) is 4.98 Å². The first-order valence-corrected chi connectivity index (χ1v) is 4.70. The Kier molecular flexibility index (Phi) is 3.39. The van der Waals surface area contributed by atoms with Gasteiger partial charge in [0.25, 0.3) is 0 Å². The Morgan fingerprint density at radius 1 is 1.67 bits per heavy atom. The van der Waals surface area contributed by atoms with Crippen molar-refractivity contribution >= 4 is 33.2 Å². The van der Waals surface area contributed by atoms with Gasteiger partial charge < -0.3 is 5.73 Å². The predicted octanol–water partition coefficient (Wildman–Crippen LogP) is 2.06. The zero-order valence-corrected chi connectivity index (χ0v) is 8.48. The van der Waals surface area contributed by atoms with Crippen LogP contribution in [0.25, 0.3) is 0 Å². The normalized spacial score (nSPS) is 8.83. The van der Waals surface area contributed by atoms with Gasteiger partial charge in [0.05, 0.1) is 16.0 Å². The Morgan fingerprint density at radius 2 is 2.42 bits per heavy atom. The van der Waals surface area contributed by atoms with Gasteiger partial charge in [-0.05, 0) is 12.0 Å². The van der Waals surface area contributed by atoms with Crippen LogP contribution in [-0.4, -0.2) is 10.3 Å². The number of aromatic nitrogens is 1. The molecule has 2 nitrogen and oxygen atoms in total. The molecule has 0 bridgehead atoms. The summed E-state index contributed by atoms with van der Waals surface area (Å²) in [5.74, 6) is 5.60. The van der Waals surface area contributed by atoms with E-state index in [1.165, 1.54) is 6.20 Å². The predicted molar refractivity (Wildman–Crippen MR) is 54.3 cm³/mol. The molecule has 0 aliphatic rings. The van der Waals surface area contributed by atoms with Gasteiger partial charge in [-0.25, -0.2) is 4.98 Å². The van der Waals surface area contributed by atoms with Gasteiger partial charge >= 0.3 is 0 Å². The molecule has 0 unspecified atom stereocenters. The van der Waals surface area contributed by atoms with E-state index in [1.807, 2.05) is 0 Å². The molecule has 1 aromatic rings. The molecule has 1 aromatic heterocycles. The Hall–Kier alpha value is -0.720. The topological polar surface area (TPSA) is 38.9 Å². The maximum Gasteiger partial charge on any atom is 0.136 e. The smallest absolute Gasteiger partial charge is 0.136 e.